The lowest BCUT2D eigenvalue weighted by molar-refractivity contribution is 0.0547. The van der Waals surface area contributed by atoms with E-state index in [2.05, 4.69) is 40.5 Å². The van der Waals surface area contributed by atoms with Crippen molar-refractivity contribution in [1.82, 2.24) is 10.3 Å². The van der Waals surface area contributed by atoms with Crippen molar-refractivity contribution in [1.29, 1.82) is 0 Å². The minimum absolute atomic E-state index is 0.653. The fraction of sp³-hybridized carbons (Fsp3) is 0.571. The first-order valence-electron chi connectivity index (χ1n) is 9.82. The Morgan fingerprint density at radius 3 is 2.84 bits per heavy atom. The first kappa shape index (κ1) is 16.8. The van der Waals surface area contributed by atoms with E-state index in [-0.39, 0.29) is 0 Å². The van der Waals surface area contributed by atoms with Crippen molar-refractivity contribution >= 4 is 16.7 Å². The second-order valence-electron chi connectivity index (χ2n) is 7.43. The molecule has 1 unspecified atom stereocenters. The van der Waals surface area contributed by atoms with E-state index in [1.54, 1.807) is 0 Å². The van der Waals surface area contributed by atoms with Crippen LogP contribution in [0.25, 0.3) is 10.9 Å². The van der Waals surface area contributed by atoms with Gasteiger partial charge in [0.2, 0.25) is 0 Å². The predicted octanol–water partition coefficient (Wildman–Crippen LogP) is 3.74. The Morgan fingerprint density at radius 1 is 1.12 bits per heavy atom. The lowest BCUT2D eigenvalue weighted by Crippen LogP contribution is -2.33. The second kappa shape index (κ2) is 8.15. The van der Waals surface area contributed by atoms with E-state index >= 15 is 0 Å². The van der Waals surface area contributed by atoms with E-state index in [4.69, 9.17) is 9.72 Å². The minimum Gasteiger partial charge on any atom is -0.381 e. The first-order chi connectivity index (χ1) is 12.4. The summed E-state index contributed by atoms with van der Waals surface area (Å²) in [5.74, 6) is 1.84. The van der Waals surface area contributed by atoms with Gasteiger partial charge in [0.05, 0.1) is 12.1 Å². The Hall–Kier alpha value is -1.65. The summed E-state index contributed by atoms with van der Waals surface area (Å²) in [6, 6.07) is 10.8. The number of anilines is 1. The van der Waals surface area contributed by atoms with Gasteiger partial charge in [-0.25, -0.2) is 4.98 Å². The molecule has 1 atom stereocenters. The highest BCUT2D eigenvalue weighted by Gasteiger charge is 2.18. The molecular formula is C21H29N3O. The number of hydrogen-bond acceptors (Lipinski definition) is 4. The fourth-order valence-electron chi connectivity index (χ4n) is 4.04. The van der Waals surface area contributed by atoms with Gasteiger partial charge in [-0.2, -0.15) is 0 Å². The molecule has 0 radical (unpaired) electrons. The van der Waals surface area contributed by atoms with Crippen LogP contribution in [0.15, 0.2) is 30.3 Å². The minimum atomic E-state index is 0.653. The Morgan fingerprint density at radius 2 is 2.00 bits per heavy atom. The highest BCUT2D eigenvalue weighted by Crippen LogP contribution is 2.26. The maximum atomic E-state index is 5.60. The molecule has 1 aromatic heterocycles. The number of para-hydroxylation sites is 1. The molecule has 2 aromatic rings. The lowest BCUT2D eigenvalue weighted by atomic mass is 10.0. The van der Waals surface area contributed by atoms with Crippen LogP contribution in [0.4, 0.5) is 5.82 Å². The molecule has 3 heterocycles. The molecule has 4 nitrogen and oxygen atoms in total. The lowest BCUT2D eigenvalue weighted by Gasteiger charge is -2.30. The van der Waals surface area contributed by atoms with Gasteiger partial charge < -0.3 is 15.0 Å². The molecule has 4 heteroatoms. The SMILES string of the molecule is c1ccc2nc(N3CCCCC3)c(CNCC3CCCOC3)cc2c1. The zero-order valence-corrected chi connectivity index (χ0v) is 15.0. The van der Waals surface area contributed by atoms with Gasteiger partial charge in [0.15, 0.2) is 0 Å². The van der Waals surface area contributed by atoms with Gasteiger partial charge in [0, 0.05) is 43.7 Å². The molecule has 0 bridgehead atoms. The summed E-state index contributed by atoms with van der Waals surface area (Å²) in [4.78, 5) is 7.51. The highest BCUT2D eigenvalue weighted by molar-refractivity contribution is 5.81. The first-order valence-corrected chi connectivity index (χ1v) is 9.82. The van der Waals surface area contributed by atoms with E-state index in [1.807, 2.05) is 0 Å². The van der Waals surface area contributed by atoms with E-state index in [0.29, 0.717) is 5.92 Å². The Balaban J connectivity index is 1.52. The van der Waals surface area contributed by atoms with Crippen LogP contribution in [-0.2, 0) is 11.3 Å². The van der Waals surface area contributed by atoms with Gasteiger partial charge in [0.1, 0.15) is 5.82 Å². The molecule has 0 aliphatic carbocycles. The number of benzene rings is 1. The van der Waals surface area contributed by atoms with Crippen LogP contribution >= 0.6 is 0 Å². The quantitative estimate of drug-likeness (QED) is 0.900. The van der Waals surface area contributed by atoms with Crippen molar-refractivity contribution < 1.29 is 4.74 Å². The van der Waals surface area contributed by atoms with Gasteiger partial charge in [-0.05, 0) is 50.2 Å². The molecule has 0 spiro atoms. The van der Waals surface area contributed by atoms with Gasteiger partial charge in [-0.1, -0.05) is 18.2 Å². The molecule has 2 aliphatic rings. The summed E-state index contributed by atoms with van der Waals surface area (Å²) < 4.78 is 5.60. The zero-order valence-electron chi connectivity index (χ0n) is 15.0. The normalized spacial score (nSPS) is 21.6. The number of hydrogen-bond donors (Lipinski definition) is 1. The van der Waals surface area contributed by atoms with E-state index in [1.165, 1.54) is 48.9 Å². The van der Waals surface area contributed by atoms with Crippen molar-refractivity contribution in [2.24, 2.45) is 5.92 Å². The van der Waals surface area contributed by atoms with E-state index < -0.39 is 0 Å². The topological polar surface area (TPSA) is 37.4 Å². The predicted molar refractivity (Wildman–Crippen MR) is 103 cm³/mol. The maximum Gasteiger partial charge on any atom is 0.133 e. The average molecular weight is 339 g/mol. The molecule has 4 rings (SSSR count). The molecule has 1 aromatic carbocycles. The fourth-order valence-corrected chi connectivity index (χ4v) is 4.04. The summed E-state index contributed by atoms with van der Waals surface area (Å²) in [5, 5.41) is 4.91. The number of rotatable bonds is 5. The number of nitrogens with one attached hydrogen (secondary N) is 1. The maximum absolute atomic E-state index is 5.60. The molecule has 2 aliphatic heterocycles. The van der Waals surface area contributed by atoms with Crippen molar-refractivity contribution in [3.8, 4) is 0 Å². The number of aromatic nitrogens is 1. The molecule has 2 fully saturated rings. The van der Waals surface area contributed by atoms with Crippen LogP contribution in [0.3, 0.4) is 0 Å². The van der Waals surface area contributed by atoms with Crippen LogP contribution in [0.2, 0.25) is 0 Å². The van der Waals surface area contributed by atoms with Crippen molar-refractivity contribution in [2.75, 3.05) is 37.7 Å². The number of fused-ring (bicyclic) bond motifs is 1. The summed E-state index contributed by atoms with van der Waals surface area (Å²) in [7, 11) is 0. The molecule has 0 amide bonds. The van der Waals surface area contributed by atoms with Crippen molar-refractivity contribution in [3.63, 3.8) is 0 Å². The largest absolute Gasteiger partial charge is 0.381 e. The van der Waals surface area contributed by atoms with E-state index in [9.17, 15) is 0 Å². The highest BCUT2D eigenvalue weighted by atomic mass is 16.5. The zero-order chi connectivity index (χ0) is 16.9. The van der Waals surface area contributed by atoms with Gasteiger partial charge >= 0.3 is 0 Å². The van der Waals surface area contributed by atoms with Gasteiger partial charge in [-0.15, -0.1) is 0 Å². The van der Waals surface area contributed by atoms with Gasteiger partial charge in [0.25, 0.3) is 0 Å². The summed E-state index contributed by atoms with van der Waals surface area (Å²) in [5.41, 5.74) is 2.44. The number of piperidine rings is 1. The molecule has 25 heavy (non-hydrogen) atoms. The van der Waals surface area contributed by atoms with Gasteiger partial charge in [-0.3, -0.25) is 0 Å². The summed E-state index contributed by atoms with van der Waals surface area (Å²) >= 11 is 0. The average Bonchev–Trinajstić information content (AvgIpc) is 2.69. The molecule has 0 saturated carbocycles. The van der Waals surface area contributed by atoms with Crippen LogP contribution < -0.4 is 10.2 Å². The third kappa shape index (κ3) is 4.13. The Bertz CT molecular complexity index is 691. The molecule has 1 N–H and O–H groups in total. The number of ether oxygens (including phenoxy) is 1. The van der Waals surface area contributed by atoms with E-state index in [0.717, 1.165) is 44.9 Å². The summed E-state index contributed by atoms with van der Waals surface area (Å²) in [6.45, 7) is 6.03. The standard InChI is InChI=1S/C21H29N3O/c1-4-10-24(11-5-1)21-19(13-18-8-2-3-9-20(18)23-21)15-22-14-17-7-6-12-25-16-17/h2-3,8-9,13,17,22H,1,4-7,10-12,14-16H2. The van der Waals surface area contributed by atoms with Crippen LogP contribution in [-0.4, -0.2) is 37.8 Å². The third-order valence-electron chi connectivity index (χ3n) is 5.44. The van der Waals surface area contributed by atoms with Crippen LogP contribution in [0, 0.1) is 5.92 Å². The molecule has 134 valence electrons. The van der Waals surface area contributed by atoms with Crippen LogP contribution in [0.5, 0.6) is 0 Å². The monoisotopic (exact) mass is 339 g/mol. The van der Waals surface area contributed by atoms with Crippen molar-refractivity contribution in [3.05, 3.63) is 35.9 Å². The smallest absolute Gasteiger partial charge is 0.133 e. The molecular weight excluding hydrogens is 310 g/mol. The Kier molecular flexibility index (Phi) is 5.48. The number of nitrogens with zero attached hydrogens (tertiary/aromatic N) is 2. The Labute approximate surface area is 150 Å². The molecule has 2 saturated heterocycles. The van der Waals surface area contributed by atoms with Crippen LogP contribution in [0.1, 0.15) is 37.7 Å². The van der Waals surface area contributed by atoms with Crippen molar-refractivity contribution in [2.45, 2.75) is 38.6 Å². The summed E-state index contributed by atoms with van der Waals surface area (Å²) in [6.07, 6.45) is 6.38. The number of pyridine rings is 1. The second-order valence-corrected chi connectivity index (χ2v) is 7.43. The third-order valence-corrected chi connectivity index (χ3v) is 5.44.